The molecule has 0 radical (unpaired) electrons. The molecule has 1 aromatic carbocycles. The van der Waals surface area contributed by atoms with E-state index in [2.05, 4.69) is 15.3 Å². The van der Waals surface area contributed by atoms with Crippen molar-refractivity contribution in [2.45, 2.75) is 6.42 Å². The number of pyridine rings is 1. The first-order chi connectivity index (χ1) is 11.5. The Morgan fingerprint density at radius 1 is 1.17 bits per heavy atom. The third kappa shape index (κ3) is 3.72. The zero-order chi connectivity index (χ0) is 17.1. The summed E-state index contributed by atoms with van der Waals surface area (Å²) >= 11 is 1.26. The highest BCUT2D eigenvalue weighted by Gasteiger charge is 2.11. The van der Waals surface area contributed by atoms with E-state index in [1.807, 2.05) is 0 Å². The third-order valence-corrected chi connectivity index (χ3v) is 4.09. The van der Waals surface area contributed by atoms with Crippen LogP contribution in [0.1, 0.15) is 20.8 Å². The van der Waals surface area contributed by atoms with Gasteiger partial charge in [0.05, 0.1) is 0 Å². The average Bonchev–Trinajstić information content (AvgIpc) is 2.98. The Hall–Kier alpha value is -2.87. The molecule has 0 saturated heterocycles. The first-order valence-electron chi connectivity index (χ1n) is 6.93. The summed E-state index contributed by atoms with van der Waals surface area (Å²) in [7, 11) is 0. The maximum absolute atomic E-state index is 13.2. The quantitative estimate of drug-likeness (QED) is 0.760. The van der Waals surface area contributed by atoms with Crippen LogP contribution >= 0.6 is 11.3 Å². The molecule has 3 aromatic rings. The molecule has 0 aliphatic heterocycles. The molecule has 2 heterocycles. The van der Waals surface area contributed by atoms with E-state index >= 15 is 0 Å². The Labute approximate surface area is 140 Å². The summed E-state index contributed by atoms with van der Waals surface area (Å²) < 4.78 is 26.1. The van der Waals surface area contributed by atoms with Crippen LogP contribution in [0.25, 0.3) is 0 Å². The molecule has 0 atom stereocenters. The number of amides is 1. The van der Waals surface area contributed by atoms with Crippen molar-refractivity contribution < 1.29 is 13.6 Å². The van der Waals surface area contributed by atoms with E-state index in [-0.39, 0.29) is 11.7 Å². The van der Waals surface area contributed by atoms with Crippen LogP contribution in [0.3, 0.4) is 0 Å². The highest BCUT2D eigenvalue weighted by Crippen LogP contribution is 2.22. The largest absolute Gasteiger partial charge is 0.384 e. The number of nitrogens with zero attached hydrogens (tertiary/aromatic N) is 2. The summed E-state index contributed by atoms with van der Waals surface area (Å²) in [4.78, 5) is 20.8. The SMILES string of the molecule is Nc1cc(C(=O)Nc2ncc(Cc3ccc(F)c(F)c3)s2)ccn1. The topological polar surface area (TPSA) is 80.9 Å². The molecule has 5 nitrogen and oxygen atoms in total. The number of nitrogen functional groups attached to an aromatic ring is 1. The van der Waals surface area contributed by atoms with Gasteiger partial charge in [-0.2, -0.15) is 0 Å². The summed E-state index contributed by atoms with van der Waals surface area (Å²) in [6, 6.07) is 6.75. The van der Waals surface area contributed by atoms with Gasteiger partial charge >= 0.3 is 0 Å². The van der Waals surface area contributed by atoms with Gasteiger partial charge in [-0.3, -0.25) is 10.1 Å². The molecule has 122 valence electrons. The molecular weight excluding hydrogens is 334 g/mol. The van der Waals surface area contributed by atoms with Crippen LogP contribution < -0.4 is 11.1 Å². The molecule has 1 amide bonds. The van der Waals surface area contributed by atoms with Crippen LogP contribution in [0.4, 0.5) is 19.7 Å². The molecule has 8 heteroatoms. The minimum atomic E-state index is -0.888. The van der Waals surface area contributed by atoms with Crippen molar-refractivity contribution in [2.75, 3.05) is 11.1 Å². The number of carbonyl (C=O) groups excluding carboxylic acids is 1. The van der Waals surface area contributed by atoms with Gasteiger partial charge in [0.1, 0.15) is 5.82 Å². The summed E-state index contributed by atoms with van der Waals surface area (Å²) in [6.07, 6.45) is 3.43. The zero-order valence-electron chi connectivity index (χ0n) is 12.3. The fourth-order valence-corrected chi connectivity index (χ4v) is 2.90. The van der Waals surface area contributed by atoms with Crippen molar-refractivity contribution in [3.05, 3.63) is 70.4 Å². The predicted molar refractivity (Wildman–Crippen MR) is 87.9 cm³/mol. The molecule has 3 N–H and O–H groups in total. The van der Waals surface area contributed by atoms with Crippen molar-refractivity contribution in [3.8, 4) is 0 Å². The standard InChI is InChI=1S/C16H12F2N4OS/c17-12-2-1-9(6-13(12)18)5-11-8-21-16(24-11)22-15(23)10-3-4-20-14(19)7-10/h1-4,6-8H,5H2,(H2,19,20)(H,21,22,23). The number of hydrogen-bond acceptors (Lipinski definition) is 5. The van der Waals surface area contributed by atoms with Crippen molar-refractivity contribution >= 4 is 28.2 Å². The molecule has 0 fully saturated rings. The Kier molecular flexibility index (Phi) is 4.48. The van der Waals surface area contributed by atoms with Crippen LogP contribution in [-0.4, -0.2) is 15.9 Å². The van der Waals surface area contributed by atoms with E-state index in [1.165, 1.54) is 29.7 Å². The lowest BCUT2D eigenvalue weighted by molar-refractivity contribution is 0.102. The number of carbonyl (C=O) groups is 1. The number of aromatic nitrogens is 2. The van der Waals surface area contributed by atoms with Crippen LogP contribution in [0, 0.1) is 11.6 Å². The second-order valence-corrected chi connectivity index (χ2v) is 6.10. The van der Waals surface area contributed by atoms with Gasteiger partial charge in [-0.25, -0.2) is 18.7 Å². The molecular formula is C16H12F2N4OS. The Balaban J connectivity index is 1.69. The van der Waals surface area contributed by atoms with Gasteiger partial charge in [0.2, 0.25) is 0 Å². The molecule has 3 rings (SSSR count). The Bertz CT molecular complexity index is 897. The molecule has 0 unspecified atom stereocenters. The fourth-order valence-electron chi connectivity index (χ4n) is 2.06. The Morgan fingerprint density at radius 2 is 2.00 bits per heavy atom. The molecule has 0 aliphatic rings. The lowest BCUT2D eigenvalue weighted by Gasteiger charge is -2.02. The van der Waals surface area contributed by atoms with Crippen LogP contribution in [0.15, 0.2) is 42.7 Å². The lowest BCUT2D eigenvalue weighted by atomic mass is 10.1. The van der Waals surface area contributed by atoms with Gasteiger partial charge in [-0.1, -0.05) is 6.07 Å². The van der Waals surface area contributed by atoms with Crippen molar-refractivity contribution in [1.29, 1.82) is 0 Å². The van der Waals surface area contributed by atoms with Gasteiger partial charge in [0, 0.05) is 29.3 Å². The fraction of sp³-hybridized carbons (Fsp3) is 0.0625. The summed E-state index contributed by atoms with van der Waals surface area (Å²) in [5, 5.41) is 3.07. The maximum atomic E-state index is 13.2. The number of anilines is 2. The molecule has 0 spiro atoms. The predicted octanol–water partition coefficient (Wildman–Crippen LogP) is 3.24. The molecule has 0 aliphatic carbocycles. The monoisotopic (exact) mass is 346 g/mol. The second kappa shape index (κ2) is 6.71. The second-order valence-electron chi connectivity index (χ2n) is 4.98. The van der Waals surface area contributed by atoms with Gasteiger partial charge in [-0.05, 0) is 29.8 Å². The van der Waals surface area contributed by atoms with Gasteiger partial charge in [0.15, 0.2) is 16.8 Å². The molecule has 0 saturated carbocycles. The number of thiazole rings is 1. The number of hydrogen-bond donors (Lipinski definition) is 2. The van der Waals surface area contributed by atoms with E-state index in [0.29, 0.717) is 22.7 Å². The smallest absolute Gasteiger partial charge is 0.257 e. The third-order valence-electron chi connectivity index (χ3n) is 3.18. The molecule has 24 heavy (non-hydrogen) atoms. The van der Waals surface area contributed by atoms with E-state index in [9.17, 15) is 13.6 Å². The molecule has 0 bridgehead atoms. The van der Waals surface area contributed by atoms with Crippen LogP contribution in [0.2, 0.25) is 0 Å². The minimum Gasteiger partial charge on any atom is -0.384 e. The van der Waals surface area contributed by atoms with Gasteiger partial charge < -0.3 is 5.73 Å². The zero-order valence-corrected chi connectivity index (χ0v) is 13.1. The minimum absolute atomic E-state index is 0.251. The van der Waals surface area contributed by atoms with Crippen LogP contribution in [-0.2, 0) is 6.42 Å². The van der Waals surface area contributed by atoms with E-state index in [1.54, 1.807) is 12.3 Å². The summed E-state index contributed by atoms with van der Waals surface area (Å²) in [5.74, 6) is -1.87. The van der Waals surface area contributed by atoms with E-state index < -0.39 is 11.6 Å². The van der Waals surface area contributed by atoms with E-state index in [4.69, 9.17) is 5.73 Å². The van der Waals surface area contributed by atoms with Crippen LogP contribution in [0.5, 0.6) is 0 Å². The first-order valence-corrected chi connectivity index (χ1v) is 7.74. The Morgan fingerprint density at radius 3 is 2.75 bits per heavy atom. The number of benzene rings is 1. The number of nitrogens with two attached hydrogens (primary N) is 1. The van der Waals surface area contributed by atoms with Crippen molar-refractivity contribution in [1.82, 2.24) is 9.97 Å². The molecule has 2 aromatic heterocycles. The highest BCUT2D eigenvalue weighted by molar-refractivity contribution is 7.15. The maximum Gasteiger partial charge on any atom is 0.257 e. The van der Waals surface area contributed by atoms with Crippen molar-refractivity contribution in [3.63, 3.8) is 0 Å². The average molecular weight is 346 g/mol. The normalized spacial score (nSPS) is 10.6. The number of nitrogens with one attached hydrogen (secondary N) is 1. The van der Waals surface area contributed by atoms with Crippen molar-refractivity contribution in [2.24, 2.45) is 0 Å². The summed E-state index contributed by atoms with van der Waals surface area (Å²) in [5.41, 5.74) is 6.54. The first kappa shape index (κ1) is 16.0. The number of halogens is 2. The summed E-state index contributed by atoms with van der Waals surface area (Å²) in [6.45, 7) is 0. The van der Waals surface area contributed by atoms with Gasteiger partial charge in [0.25, 0.3) is 5.91 Å². The lowest BCUT2D eigenvalue weighted by Crippen LogP contribution is -2.12. The van der Waals surface area contributed by atoms with E-state index in [0.717, 1.165) is 17.0 Å². The number of rotatable bonds is 4. The van der Waals surface area contributed by atoms with Gasteiger partial charge in [-0.15, -0.1) is 11.3 Å². The highest BCUT2D eigenvalue weighted by atomic mass is 32.1.